The average molecular weight is 264 g/mol. The van der Waals surface area contributed by atoms with Crippen molar-refractivity contribution < 1.29 is 9.53 Å². The molecular weight excluding hydrogens is 240 g/mol. The van der Waals surface area contributed by atoms with Crippen molar-refractivity contribution in [3.63, 3.8) is 0 Å². The summed E-state index contributed by atoms with van der Waals surface area (Å²) in [4.78, 5) is 11.7. The summed E-state index contributed by atoms with van der Waals surface area (Å²) in [6, 6.07) is 8.04. The van der Waals surface area contributed by atoms with Crippen LogP contribution in [0.3, 0.4) is 0 Å². The lowest BCUT2D eigenvalue weighted by atomic mass is 9.96. The van der Waals surface area contributed by atoms with Crippen molar-refractivity contribution in [2.75, 3.05) is 20.7 Å². The third-order valence-electron chi connectivity index (χ3n) is 3.12. The van der Waals surface area contributed by atoms with E-state index in [1.165, 1.54) is 0 Å². The molecule has 0 aliphatic heterocycles. The maximum atomic E-state index is 11.7. The van der Waals surface area contributed by atoms with Gasteiger partial charge in [0.05, 0.1) is 13.7 Å². The Morgan fingerprint density at radius 2 is 2.00 bits per heavy atom. The summed E-state index contributed by atoms with van der Waals surface area (Å²) in [5.74, 6) is 1.26. The van der Waals surface area contributed by atoms with Crippen LogP contribution in [0.1, 0.15) is 19.4 Å². The smallest absolute Gasteiger partial charge is 0.234 e. The molecule has 0 aliphatic rings. The molecule has 1 aromatic carbocycles. The van der Waals surface area contributed by atoms with Crippen LogP contribution >= 0.6 is 0 Å². The zero-order valence-corrected chi connectivity index (χ0v) is 12.2. The molecular formula is C15H24N2O2. The van der Waals surface area contributed by atoms with Gasteiger partial charge in [0.15, 0.2) is 0 Å². The van der Waals surface area contributed by atoms with Gasteiger partial charge in [0, 0.05) is 6.04 Å². The van der Waals surface area contributed by atoms with Crippen LogP contribution in [0, 0.1) is 5.92 Å². The van der Waals surface area contributed by atoms with E-state index in [1.807, 2.05) is 24.3 Å². The molecule has 1 rings (SSSR count). The quantitative estimate of drug-likeness (QED) is 0.786. The number of rotatable bonds is 7. The summed E-state index contributed by atoms with van der Waals surface area (Å²) in [5.41, 5.74) is 1.12. The molecule has 0 bridgehead atoms. The van der Waals surface area contributed by atoms with E-state index in [9.17, 15) is 4.79 Å². The zero-order chi connectivity index (χ0) is 14.3. The Kier molecular flexibility index (Phi) is 6.36. The van der Waals surface area contributed by atoms with Crippen molar-refractivity contribution in [2.24, 2.45) is 5.92 Å². The molecule has 0 fully saturated rings. The van der Waals surface area contributed by atoms with Crippen molar-refractivity contribution in [1.29, 1.82) is 0 Å². The summed E-state index contributed by atoms with van der Waals surface area (Å²) in [6.07, 6.45) is 0.775. The van der Waals surface area contributed by atoms with Gasteiger partial charge in [-0.15, -0.1) is 0 Å². The molecule has 0 aliphatic carbocycles. The van der Waals surface area contributed by atoms with Crippen LogP contribution in [0.2, 0.25) is 0 Å². The molecule has 1 atom stereocenters. The maximum absolute atomic E-state index is 11.7. The zero-order valence-electron chi connectivity index (χ0n) is 12.2. The fourth-order valence-corrected chi connectivity index (χ4v) is 1.98. The minimum atomic E-state index is 0.0242. The predicted molar refractivity (Wildman–Crippen MR) is 77.4 cm³/mol. The van der Waals surface area contributed by atoms with E-state index in [1.54, 1.807) is 14.2 Å². The summed E-state index contributed by atoms with van der Waals surface area (Å²) < 4.78 is 5.35. The highest BCUT2D eigenvalue weighted by atomic mass is 16.5. The van der Waals surface area contributed by atoms with Gasteiger partial charge in [-0.1, -0.05) is 32.0 Å². The number of para-hydroxylation sites is 1. The molecule has 0 radical (unpaired) electrons. The topological polar surface area (TPSA) is 50.4 Å². The molecule has 0 aromatic heterocycles. The first-order chi connectivity index (χ1) is 9.08. The molecule has 1 amide bonds. The largest absolute Gasteiger partial charge is 0.496 e. The van der Waals surface area contributed by atoms with Gasteiger partial charge in [0.2, 0.25) is 5.91 Å². The Labute approximate surface area is 115 Å². The van der Waals surface area contributed by atoms with E-state index in [4.69, 9.17) is 4.74 Å². The first-order valence-electron chi connectivity index (χ1n) is 6.64. The van der Waals surface area contributed by atoms with Gasteiger partial charge in [0.25, 0.3) is 0 Å². The van der Waals surface area contributed by atoms with Crippen molar-refractivity contribution in [1.82, 2.24) is 10.6 Å². The average Bonchev–Trinajstić information content (AvgIpc) is 2.38. The summed E-state index contributed by atoms with van der Waals surface area (Å²) >= 11 is 0. The van der Waals surface area contributed by atoms with Crippen LogP contribution in [0.25, 0.3) is 0 Å². The second-order valence-electron chi connectivity index (χ2n) is 4.96. The molecule has 0 saturated heterocycles. The third-order valence-corrected chi connectivity index (χ3v) is 3.12. The number of benzene rings is 1. The van der Waals surface area contributed by atoms with Crippen molar-refractivity contribution in [3.05, 3.63) is 29.8 Å². The molecule has 0 saturated carbocycles. The highest BCUT2D eigenvalue weighted by Crippen LogP contribution is 2.20. The Bertz CT molecular complexity index is 405. The minimum Gasteiger partial charge on any atom is -0.496 e. The first-order valence-corrected chi connectivity index (χ1v) is 6.64. The van der Waals surface area contributed by atoms with E-state index >= 15 is 0 Å². The number of carbonyl (C=O) groups is 1. The number of amides is 1. The van der Waals surface area contributed by atoms with Gasteiger partial charge in [-0.25, -0.2) is 0 Å². The van der Waals surface area contributed by atoms with Gasteiger partial charge in [0.1, 0.15) is 5.75 Å². The monoisotopic (exact) mass is 264 g/mol. The van der Waals surface area contributed by atoms with Crippen molar-refractivity contribution >= 4 is 5.91 Å². The Balaban J connectivity index is 2.75. The predicted octanol–water partition coefficient (Wildman–Crippen LogP) is 1.60. The number of nitrogens with one attached hydrogen (secondary N) is 2. The number of ether oxygens (including phenoxy) is 1. The van der Waals surface area contributed by atoms with Crippen molar-refractivity contribution in [2.45, 2.75) is 26.3 Å². The van der Waals surface area contributed by atoms with Crippen LogP contribution in [0.4, 0.5) is 0 Å². The standard InChI is InChI=1S/C15H24N2O2/c1-11(2)13(17-15(18)10-16-3)9-12-7-5-6-8-14(12)19-4/h5-8,11,13,16H,9-10H2,1-4H3,(H,17,18). The van der Waals surface area contributed by atoms with E-state index in [2.05, 4.69) is 24.5 Å². The second-order valence-corrected chi connectivity index (χ2v) is 4.96. The lowest BCUT2D eigenvalue weighted by Crippen LogP contribution is -2.43. The number of carbonyl (C=O) groups excluding carboxylic acids is 1. The lowest BCUT2D eigenvalue weighted by molar-refractivity contribution is -0.121. The molecule has 1 aromatic rings. The molecule has 19 heavy (non-hydrogen) atoms. The second kappa shape index (κ2) is 7.79. The number of hydrogen-bond donors (Lipinski definition) is 2. The Hall–Kier alpha value is -1.55. The maximum Gasteiger partial charge on any atom is 0.234 e. The molecule has 4 heteroatoms. The van der Waals surface area contributed by atoms with Crippen LogP contribution in [0.15, 0.2) is 24.3 Å². The van der Waals surface area contributed by atoms with Gasteiger partial charge in [-0.05, 0) is 31.0 Å². The van der Waals surface area contributed by atoms with Crippen LogP contribution in [0.5, 0.6) is 5.75 Å². The highest BCUT2D eigenvalue weighted by molar-refractivity contribution is 5.78. The molecule has 2 N–H and O–H groups in total. The Morgan fingerprint density at radius 1 is 1.32 bits per heavy atom. The summed E-state index contributed by atoms with van der Waals surface area (Å²) in [7, 11) is 3.44. The van der Waals surface area contributed by atoms with Crippen molar-refractivity contribution in [3.8, 4) is 5.75 Å². The fraction of sp³-hybridized carbons (Fsp3) is 0.533. The number of hydrogen-bond acceptors (Lipinski definition) is 3. The van der Waals surface area contributed by atoms with Gasteiger partial charge in [-0.2, -0.15) is 0 Å². The van der Waals surface area contributed by atoms with Crippen LogP contribution in [-0.4, -0.2) is 32.7 Å². The Morgan fingerprint density at radius 3 is 2.58 bits per heavy atom. The van der Waals surface area contributed by atoms with Crippen LogP contribution in [-0.2, 0) is 11.2 Å². The lowest BCUT2D eigenvalue weighted by Gasteiger charge is -2.23. The molecule has 106 valence electrons. The van der Waals surface area contributed by atoms with E-state index in [0.29, 0.717) is 12.5 Å². The molecule has 4 nitrogen and oxygen atoms in total. The number of likely N-dealkylation sites (N-methyl/N-ethyl adjacent to an activating group) is 1. The summed E-state index contributed by atoms with van der Waals surface area (Å²) in [5, 5.41) is 5.92. The highest BCUT2D eigenvalue weighted by Gasteiger charge is 2.18. The van der Waals surface area contributed by atoms with Gasteiger partial charge < -0.3 is 15.4 Å². The van der Waals surface area contributed by atoms with Gasteiger partial charge >= 0.3 is 0 Å². The first kappa shape index (κ1) is 15.5. The van der Waals surface area contributed by atoms with E-state index in [0.717, 1.165) is 17.7 Å². The van der Waals surface area contributed by atoms with E-state index < -0.39 is 0 Å². The normalized spacial score (nSPS) is 12.3. The SMILES string of the molecule is CNCC(=O)NC(Cc1ccccc1OC)C(C)C. The number of methoxy groups -OCH3 is 1. The fourth-order valence-electron chi connectivity index (χ4n) is 1.98. The molecule has 1 unspecified atom stereocenters. The van der Waals surface area contributed by atoms with Gasteiger partial charge in [-0.3, -0.25) is 4.79 Å². The third kappa shape index (κ3) is 4.91. The minimum absolute atomic E-state index is 0.0242. The van der Waals surface area contributed by atoms with Crippen LogP contribution < -0.4 is 15.4 Å². The molecule has 0 heterocycles. The summed E-state index contributed by atoms with van der Waals surface area (Å²) in [6.45, 7) is 4.56. The molecule has 0 spiro atoms. The van der Waals surface area contributed by atoms with E-state index in [-0.39, 0.29) is 11.9 Å².